The van der Waals surface area contributed by atoms with Gasteiger partial charge in [0.05, 0.1) is 25.6 Å². The molecule has 0 unspecified atom stereocenters. The smallest absolute Gasteiger partial charge is 0.231 e. The van der Waals surface area contributed by atoms with Crippen molar-refractivity contribution in [2.24, 2.45) is 0 Å². The Hall–Kier alpha value is -2.18. The number of hydrogen-bond donors (Lipinski definition) is 1. The fourth-order valence-electron chi connectivity index (χ4n) is 2.89. The maximum Gasteiger partial charge on any atom is 0.231 e. The first kappa shape index (κ1) is 18.6. The summed E-state index contributed by atoms with van der Waals surface area (Å²) in [6, 6.07) is 7.58. The molecule has 138 valence electrons. The van der Waals surface area contributed by atoms with Crippen LogP contribution in [0.25, 0.3) is 10.2 Å². The molecule has 0 aliphatic carbocycles. The maximum atomic E-state index is 6.17. The molecule has 0 fully saturated rings. The number of aromatic nitrogens is 2. The summed E-state index contributed by atoms with van der Waals surface area (Å²) in [7, 11) is 1.66. The average Bonchev–Trinajstić information content (AvgIpc) is 2.94. The van der Waals surface area contributed by atoms with Crippen LogP contribution in [0.4, 0.5) is 0 Å². The quantitative estimate of drug-likeness (QED) is 0.689. The lowest BCUT2D eigenvalue weighted by Gasteiger charge is -2.15. The molecule has 0 saturated carbocycles. The van der Waals surface area contributed by atoms with Crippen molar-refractivity contribution in [3.63, 3.8) is 0 Å². The molecule has 1 aromatic carbocycles. The van der Waals surface area contributed by atoms with Crippen LogP contribution < -0.4 is 14.4 Å². The molecule has 1 N–H and O–H groups in total. The highest BCUT2D eigenvalue weighted by atomic mass is 32.1. The van der Waals surface area contributed by atoms with Gasteiger partial charge in [0.25, 0.3) is 0 Å². The predicted molar refractivity (Wildman–Crippen MR) is 106 cm³/mol. The van der Waals surface area contributed by atoms with Crippen molar-refractivity contribution >= 4 is 21.6 Å². The zero-order valence-corrected chi connectivity index (χ0v) is 16.9. The second kappa shape index (κ2) is 8.01. The Labute approximate surface area is 158 Å². The maximum absolute atomic E-state index is 6.17. The van der Waals surface area contributed by atoms with E-state index in [4.69, 9.17) is 19.4 Å². The summed E-state index contributed by atoms with van der Waals surface area (Å²) in [6.07, 6.45) is 0. The van der Waals surface area contributed by atoms with Gasteiger partial charge in [-0.05, 0) is 57.5 Å². The fourth-order valence-corrected chi connectivity index (χ4v) is 3.93. The summed E-state index contributed by atoms with van der Waals surface area (Å²) in [5.74, 6) is 3.03. The van der Waals surface area contributed by atoms with E-state index in [0.29, 0.717) is 5.88 Å². The van der Waals surface area contributed by atoms with Crippen LogP contribution >= 0.6 is 11.3 Å². The number of nitrogens with zero attached hydrogens (tertiary/aromatic N) is 2. The van der Waals surface area contributed by atoms with Crippen molar-refractivity contribution in [1.29, 1.82) is 0 Å². The third-order valence-electron chi connectivity index (χ3n) is 4.72. The zero-order chi connectivity index (χ0) is 18.7. The van der Waals surface area contributed by atoms with Crippen LogP contribution in [0.2, 0.25) is 0 Å². The molecule has 3 aromatic rings. The van der Waals surface area contributed by atoms with Crippen molar-refractivity contribution in [3.8, 4) is 17.4 Å². The molecule has 0 bridgehead atoms. The van der Waals surface area contributed by atoms with E-state index in [9.17, 15) is 0 Å². The molecule has 2 aromatic heterocycles. The number of thiophene rings is 1. The van der Waals surface area contributed by atoms with Gasteiger partial charge in [-0.3, -0.25) is 0 Å². The van der Waals surface area contributed by atoms with Crippen LogP contribution in [0, 0.1) is 13.8 Å². The van der Waals surface area contributed by atoms with E-state index in [1.165, 1.54) is 15.3 Å². The molecule has 0 radical (unpaired) electrons. The van der Waals surface area contributed by atoms with Crippen LogP contribution in [0.15, 0.2) is 24.3 Å². The second-order valence-corrected chi connectivity index (χ2v) is 7.52. The van der Waals surface area contributed by atoms with Crippen LogP contribution in [-0.2, 0) is 6.54 Å². The lowest BCUT2D eigenvalue weighted by atomic mass is 10.2. The third-order valence-corrected chi connectivity index (χ3v) is 5.83. The molecule has 0 aliphatic rings. The Morgan fingerprint density at radius 1 is 1.00 bits per heavy atom. The summed E-state index contributed by atoms with van der Waals surface area (Å²) in [6.45, 7) is 11.5. The molecule has 0 spiro atoms. The number of benzene rings is 1. The zero-order valence-electron chi connectivity index (χ0n) is 16.0. The van der Waals surface area contributed by atoms with Gasteiger partial charge in [-0.2, -0.15) is 4.98 Å². The van der Waals surface area contributed by atoms with Gasteiger partial charge in [0.2, 0.25) is 5.88 Å². The summed E-state index contributed by atoms with van der Waals surface area (Å²) in [4.78, 5) is 13.3. The van der Waals surface area contributed by atoms with E-state index in [2.05, 4.69) is 27.7 Å². The van der Waals surface area contributed by atoms with E-state index < -0.39 is 0 Å². The lowest BCUT2D eigenvalue weighted by Crippen LogP contribution is -3.10. The van der Waals surface area contributed by atoms with Crippen molar-refractivity contribution in [2.45, 2.75) is 34.2 Å². The molecule has 0 atom stereocenters. The fraction of sp³-hybridized carbons (Fsp3) is 0.400. The van der Waals surface area contributed by atoms with Gasteiger partial charge in [0, 0.05) is 4.88 Å². The van der Waals surface area contributed by atoms with Gasteiger partial charge in [0.15, 0.2) is 5.82 Å². The molecule has 26 heavy (non-hydrogen) atoms. The standard InChI is InChI=1S/C20H25N3O2S/c1-6-23(7-2)12-17-21-19(18-13(3)14(4)26-20(18)22-17)25-16-10-8-15(24-5)9-11-16/h8-11H,6-7,12H2,1-5H3/p+1. The van der Waals surface area contributed by atoms with E-state index in [1.54, 1.807) is 18.4 Å². The second-order valence-electron chi connectivity index (χ2n) is 6.32. The molecule has 3 rings (SSSR count). The SMILES string of the molecule is CC[NH+](CC)Cc1nc(Oc2ccc(OC)cc2)c2c(C)c(C)sc2n1. The lowest BCUT2D eigenvalue weighted by molar-refractivity contribution is -0.910. The molecule has 6 heteroatoms. The van der Waals surface area contributed by atoms with Crippen LogP contribution in [0.1, 0.15) is 30.1 Å². The molecule has 5 nitrogen and oxygen atoms in total. The Morgan fingerprint density at radius 2 is 1.65 bits per heavy atom. The Bertz CT molecular complexity index is 886. The van der Waals surface area contributed by atoms with Crippen molar-refractivity contribution in [2.75, 3.05) is 20.2 Å². The Kier molecular flexibility index (Phi) is 5.74. The number of methoxy groups -OCH3 is 1. The van der Waals surface area contributed by atoms with Crippen LogP contribution in [-0.4, -0.2) is 30.2 Å². The average molecular weight is 373 g/mol. The topological polar surface area (TPSA) is 48.7 Å². The van der Waals surface area contributed by atoms with Crippen LogP contribution in [0.5, 0.6) is 17.4 Å². The number of nitrogens with one attached hydrogen (secondary N) is 1. The molecule has 2 heterocycles. The highest BCUT2D eigenvalue weighted by Gasteiger charge is 2.18. The number of quaternary nitrogens is 1. The summed E-state index contributed by atoms with van der Waals surface area (Å²) in [5, 5.41) is 1.02. The number of ether oxygens (including phenoxy) is 2. The van der Waals surface area contributed by atoms with Gasteiger partial charge in [-0.15, -0.1) is 11.3 Å². The van der Waals surface area contributed by atoms with Crippen molar-refractivity contribution < 1.29 is 14.4 Å². The van der Waals surface area contributed by atoms with E-state index in [-0.39, 0.29) is 0 Å². The van der Waals surface area contributed by atoms with E-state index in [1.807, 2.05) is 24.3 Å². The first-order valence-corrected chi connectivity index (χ1v) is 9.79. The van der Waals surface area contributed by atoms with Crippen LogP contribution in [0.3, 0.4) is 0 Å². The first-order chi connectivity index (χ1) is 12.5. The van der Waals surface area contributed by atoms with Gasteiger partial charge in [-0.25, -0.2) is 4.98 Å². The molecule has 0 aliphatic heterocycles. The minimum absolute atomic E-state index is 0.642. The molecule has 0 amide bonds. The summed E-state index contributed by atoms with van der Waals surface area (Å²) < 4.78 is 11.4. The number of fused-ring (bicyclic) bond motifs is 1. The summed E-state index contributed by atoms with van der Waals surface area (Å²) >= 11 is 1.71. The van der Waals surface area contributed by atoms with Gasteiger partial charge >= 0.3 is 0 Å². The van der Waals surface area contributed by atoms with Gasteiger partial charge < -0.3 is 14.4 Å². The minimum atomic E-state index is 0.642. The highest BCUT2D eigenvalue weighted by molar-refractivity contribution is 7.18. The molecular weight excluding hydrogens is 346 g/mol. The Balaban J connectivity index is 2.02. The van der Waals surface area contributed by atoms with E-state index >= 15 is 0 Å². The predicted octanol–water partition coefficient (Wildman–Crippen LogP) is 3.53. The number of aryl methyl sites for hydroxylation is 2. The number of hydrogen-bond acceptors (Lipinski definition) is 5. The van der Waals surface area contributed by atoms with Gasteiger partial charge in [0.1, 0.15) is 22.9 Å². The largest absolute Gasteiger partial charge is 0.497 e. The minimum Gasteiger partial charge on any atom is -0.497 e. The molecule has 0 saturated heterocycles. The van der Waals surface area contributed by atoms with E-state index in [0.717, 1.165) is 47.2 Å². The van der Waals surface area contributed by atoms with Gasteiger partial charge in [-0.1, -0.05) is 0 Å². The first-order valence-electron chi connectivity index (χ1n) is 8.97. The molecular formula is C20H26N3O2S+. The highest BCUT2D eigenvalue weighted by Crippen LogP contribution is 2.36. The van der Waals surface area contributed by atoms with Crippen molar-refractivity contribution in [1.82, 2.24) is 9.97 Å². The normalized spacial score (nSPS) is 11.3. The number of rotatable bonds is 7. The summed E-state index contributed by atoms with van der Waals surface area (Å²) in [5.41, 5.74) is 1.19. The Morgan fingerprint density at radius 3 is 2.27 bits per heavy atom. The van der Waals surface area contributed by atoms with Crippen molar-refractivity contribution in [3.05, 3.63) is 40.5 Å². The monoisotopic (exact) mass is 372 g/mol. The third kappa shape index (κ3) is 3.81.